The monoisotopic (exact) mass is 250 g/mol. The highest BCUT2D eigenvalue weighted by Crippen LogP contribution is 2.34. The molecule has 14 heavy (non-hydrogen) atoms. The Morgan fingerprint density at radius 2 is 2.29 bits per heavy atom. The van der Waals surface area contributed by atoms with Crippen molar-refractivity contribution in [1.82, 2.24) is 0 Å². The van der Waals surface area contributed by atoms with Crippen LogP contribution in [0.1, 0.15) is 18.9 Å². The summed E-state index contributed by atoms with van der Waals surface area (Å²) in [7, 11) is 0. The molecule has 0 radical (unpaired) electrons. The zero-order chi connectivity index (χ0) is 10.1. The molecule has 0 saturated heterocycles. The Balaban J connectivity index is 2.24. The highest BCUT2D eigenvalue weighted by molar-refractivity contribution is 9.10. The summed E-state index contributed by atoms with van der Waals surface area (Å²) < 4.78 is 0.860. The lowest BCUT2D eigenvalue weighted by atomic mass is 10.2. The molecule has 1 aromatic rings. The third kappa shape index (κ3) is 1.76. The average Bonchev–Trinajstić information content (AvgIpc) is 2.82. The summed E-state index contributed by atoms with van der Waals surface area (Å²) in [4.78, 5) is 0. The van der Waals surface area contributed by atoms with E-state index < -0.39 is 0 Å². The number of nitrogens with zero attached hydrogens (tertiary/aromatic N) is 1. The Bertz CT molecular complexity index is 395. The molecule has 3 heteroatoms. The zero-order valence-corrected chi connectivity index (χ0v) is 9.51. The molecule has 0 bridgehead atoms. The Kier molecular flexibility index (Phi) is 2.47. The summed E-state index contributed by atoms with van der Waals surface area (Å²) in [6.45, 7) is 2.21. The SMILES string of the molecule is CC1CC1Nc1cccc(Br)c1C#N. The lowest BCUT2D eigenvalue weighted by Crippen LogP contribution is -2.05. The molecule has 0 heterocycles. The molecule has 2 unspecified atom stereocenters. The topological polar surface area (TPSA) is 35.8 Å². The maximum atomic E-state index is 8.98. The van der Waals surface area contributed by atoms with Crippen LogP contribution in [-0.2, 0) is 0 Å². The highest BCUT2D eigenvalue weighted by Gasteiger charge is 2.32. The van der Waals surface area contributed by atoms with E-state index in [0.29, 0.717) is 11.6 Å². The molecule has 1 saturated carbocycles. The van der Waals surface area contributed by atoms with E-state index in [1.807, 2.05) is 18.2 Å². The van der Waals surface area contributed by atoms with E-state index in [1.165, 1.54) is 6.42 Å². The van der Waals surface area contributed by atoms with Crippen LogP contribution in [0.3, 0.4) is 0 Å². The largest absolute Gasteiger partial charge is 0.381 e. The Morgan fingerprint density at radius 3 is 2.86 bits per heavy atom. The molecule has 1 fully saturated rings. The fourth-order valence-electron chi connectivity index (χ4n) is 1.48. The van der Waals surface area contributed by atoms with E-state index >= 15 is 0 Å². The van der Waals surface area contributed by atoms with Gasteiger partial charge in [-0.05, 0) is 40.4 Å². The maximum Gasteiger partial charge on any atom is 0.103 e. The van der Waals surface area contributed by atoms with Crippen LogP contribution in [0.5, 0.6) is 0 Å². The molecule has 0 aromatic heterocycles. The first-order valence-electron chi connectivity index (χ1n) is 4.67. The molecule has 72 valence electrons. The Morgan fingerprint density at radius 1 is 1.57 bits per heavy atom. The van der Waals surface area contributed by atoms with Gasteiger partial charge in [0.15, 0.2) is 0 Å². The second-order valence-electron chi connectivity index (χ2n) is 3.74. The van der Waals surface area contributed by atoms with Crippen molar-refractivity contribution < 1.29 is 0 Å². The summed E-state index contributed by atoms with van der Waals surface area (Å²) in [5.41, 5.74) is 1.64. The van der Waals surface area contributed by atoms with Crippen LogP contribution in [0.15, 0.2) is 22.7 Å². The molecule has 0 amide bonds. The van der Waals surface area contributed by atoms with E-state index in [2.05, 4.69) is 34.2 Å². The summed E-state index contributed by atoms with van der Waals surface area (Å²) in [6.07, 6.45) is 1.21. The highest BCUT2D eigenvalue weighted by atomic mass is 79.9. The average molecular weight is 251 g/mol. The van der Waals surface area contributed by atoms with E-state index in [0.717, 1.165) is 16.1 Å². The minimum Gasteiger partial charge on any atom is -0.381 e. The third-order valence-electron chi connectivity index (χ3n) is 2.58. The minimum absolute atomic E-state index is 0.552. The maximum absolute atomic E-state index is 8.98. The van der Waals surface area contributed by atoms with Crippen LogP contribution in [-0.4, -0.2) is 6.04 Å². The number of halogens is 1. The molecule has 1 aliphatic carbocycles. The van der Waals surface area contributed by atoms with Gasteiger partial charge in [0.2, 0.25) is 0 Å². The van der Waals surface area contributed by atoms with Crippen molar-refractivity contribution >= 4 is 21.6 Å². The van der Waals surface area contributed by atoms with E-state index in [4.69, 9.17) is 5.26 Å². The van der Waals surface area contributed by atoms with E-state index in [9.17, 15) is 0 Å². The molecule has 2 nitrogen and oxygen atoms in total. The van der Waals surface area contributed by atoms with Crippen molar-refractivity contribution in [2.45, 2.75) is 19.4 Å². The van der Waals surface area contributed by atoms with Crippen molar-refractivity contribution in [2.24, 2.45) is 5.92 Å². The van der Waals surface area contributed by atoms with Gasteiger partial charge in [-0.15, -0.1) is 0 Å². The van der Waals surface area contributed by atoms with Gasteiger partial charge in [0, 0.05) is 10.5 Å². The van der Waals surface area contributed by atoms with Crippen molar-refractivity contribution in [3.8, 4) is 6.07 Å². The summed E-state index contributed by atoms with van der Waals surface area (Å²) >= 11 is 3.37. The van der Waals surface area contributed by atoms with Gasteiger partial charge in [-0.1, -0.05) is 13.0 Å². The third-order valence-corrected chi connectivity index (χ3v) is 3.24. The second-order valence-corrected chi connectivity index (χ2v) is 4.59. The fourth-order valence-corrected chi connectivity index (χ4v) is 1.94. The van der Waals surface area contributed by atoms with Gasteiger partial charge in [0.1, 0.15) is 6.07 Å². The first-order valence-corrected chi connectivity index (χ1v) is 5.47. The van der Waals surface area contributed by atoms with Crippen LogP contribution in [0.25, 0.3) is 0 Å². The minimum atomic E-state index is 0.552. The number of benzene rings is 1. The van der Waals surface area contributed by atoms with Crippen molar-refractivity contribution in [3.05, 3.63) is 28.2 Å². The number of nitrogens with one attached hydrogen (secondary N) is 1. The van der Waals surface area contributed by atoms with Gasteiger partial charge in [-0.2, -0.15) is 5.26 Å². The Labute approximate surface area is 92.1 Å². The standard InChI is InChI=1S/C11H11BrN2/c1-7-5-11(7)14-10-4-2-3-9(12)8(10)6-13/h2-4,7,11,14H,5H2,1H3. The lowest BCUT2D eigenvalue weighted by molar-refractivity contribution is 0.929. The number of nitriles is 1. The number of anilines is 1. The number of hydrogen-bond acceptors (Lipinski definition) is 2. The summed E-state index contributed by atoms with van der Waals surface area (Å²) in [5.74, 6) is 0.737. The van der Waals surface area contributed by atoms with Gasteiger partial charge in [-0.25, -0.2) is 0 Å². The van der Waals surface area contributed by atoms with Gasteiger partial charge in [-0.3, -0.25) is 0 Å². The van der Waals surface area contributed by atoms with Crippen LogP contribution in [0.4, 0.5) is 5.69 Å². The van der Waals surface area contributed by atoms with Crippen molar-refractivity contribution in [3.63, 3.8) is 0 Å². The van der Waals surface area contributed by atoms with Gasteiger partial charge < -0.3 is 5.32 Å². The van der Waals surface area contributed by atoms with Crippen LogP contribution in [0, 0.1) is 17.2 Å². The molecule has 2 atom stereocenters. The summed E-state index contributed by atoms with van der Waals surface area (Å²) in [5, 5.41) is 12.4. The van der Waals surface area contributed by atoms with Crippen LogP contribution >= 0.6 is 15.9 Å². The molecule has 0 aliphatic heterocycles. The van der Waals surface area contributed by atoms with E-state index in [1.54, 1.807) is 0 Å². The molecule has 0 spiro atoms. The van der Waals surface area contributed by atoms with Crippen molar-refractivity contribution in [2.75, 3.05) is 5.32 Å². The molecule has 1 aromatic carbocycles. The molecule has 1 aliphatic rings. The smallest absolute Gasteiger partial charge is 0.103 e. The second kappa shape index (κ2) is 3.62. The number of hydrogen-bond donors (Lipinski definition) is 1. The van der Waals surface area contributed by atoms with Crippen LogP contribution < -0.4 is 5.32 Å². The predicted molar refractivity (Wildman–Crippen MR) is 60.0 cm³/mol. The van der Waals surface area contributed by atoms with Crippen molar-refractivity contribution in [1.29, 1.82) is 5.26 Å². The van der Waals surface area contributed by atoms with E-state index in [-0.39, 0.29) is 0 Å². The molecular weight excluding hydrogens is 240 g/mol. The quantitative estimate of drug-likeness (QED) is 0.876. The lowest BCUT2D eigenvalue weighted by Gasteiger charge is -2.07. The van der Waals surface area contributed by atoms with Gasteiger partial charge in [0.05, 0.1) is 11.3 Å². The first kappa shape index (κ1) is 9.54. The fraction of sp³-hybridized carbons (Fsp3) is 0.364. The molecule has 2 rings (SSSR count). The van der Waals surface area contributed by atoms with Crippen LogP contribution in [0.2, 0.25) is 0 Å². The Hall–Kier alpha value is -1.01. The molecular formula is C11H11BrN2. The van der Waals surface area contributed by atoms with Gasteiger partial charge in [0.25, 0.3) is 0 Å². The predicted octanol–water partition coefficient (Wildman–Crippen LogP) is 3.14. The molecule has 1 N–H and O–H groups in total. The first-order chi connectivity index (χ1) is 6.72. The number of rotatable bonds is 2. The normalized spacial score (nSPS) is 24.1. The van der Waals surface area contributed by atoms with Gasteiger partial charge >= 0.3 is 0 Å². The zero-order valence-electron chi connectivity index (χ0n) is 7.92. The summed E-state index contributed by atoms with van der Waals surface area (Å²) in [6, 6.07) is 8.54.